The first kappa shape index (κ1) is 11.6. The summed E-state index contributed by atoms with van der Waals surface area (Å²) in [6.07, 6.45) is 6.99. The van der Waals surface area contributed by atoms with E-state index >= 15 is 0 Å². The van der Waals surface area contributed by atoms with E-state index < -0.39 is 0 Å². The summed E-state index contributed by atoms with van der Waals surface area (Å²) in [6, 6.07) is 5.06. The Labute approximate surface area is 96.9 Å². The second-order valence-corrected chi connectivity index (χ2v) is 3.64. The molecule has 1 aromatic carbocycles. The van der Waals surface area contributed by atoms with Gasteiger partial charge in [0.15, 0.2) is 0 Å². The topological polar surface area (TPSA) is 41.8 Å². The van der Waals surface area contributed by atoms with Crippen molar-refractivity contribution in [3.05, 3.63) is 28.2 Å². The summed E-state index contributed by atoms with van der Waals surface area (Å²) in [6.45, 7) is 0.377. The average Bonchev–Trinajstić information content (AvgIpc) is 2.23. The molecule has 0 aliphatic carbocycles. The van der Waals surface area contributed by atoms with Crippen LogP contribution >= 0.6 is 15.9 Å². The van der Waals surface area contributed by atoms with Crippen LogP contribution in [-0.2, 0) is 4.84 Å². The van der Waals surface area contributed by atoms with Gasteiger partial charge in [0, 0.05) is 16.5 Å². The molecule has 4 heteroatoms. The predicted octanol–water partition coefficient (Wildman–Crippen LogP) is 2.53. The first-order valence-corrected chi connectivity index (χ1v) is 5.10. The lowest BCUT2D eigenvalue weighted by atomic mass is 10.2. The zero-order chi connectivity index (χ0) is 11.1. The molecule has 0 saturated heterocycles. The number of hydrogen-bond acceptors (Lipinski definition) is 3. The molecular formula is C11H10BrNO2. The number of halogens is 1. The number of nitrogens with zero attached hydrogens (tertiary/aromatic N) is 1. The van der Waals surface area contributed by atoms with Gasteiger partial charge in [0.25, 0.3) is 0 Å². The van der Waals surface area contributed by atoms with Crippen molar-refractivity contribution in [2.75, 3.05) is 6.61 Å². The van der Waals surface area contributed by atoms with E-state index in [0.717, 1.165) is 4.47 Å². The van der Waals surface area contributed by atoms with E-state index in [-0.39, 0.29) is 5.75 Å². The van der Waals surface area contributed by atoms with Gasteiger partial charge in [-0.25, -0.2) is 0 Å². The lowest BCUT2D eigenvalue weighted by Crippen LogP contribution is -1.88. The largest absolute Gasteiger partial charge is 0.507 e. The number of phenols is 1. The smallest absolute Gasteiger partial charge is 0.128 e. The number of aromatic hydroxyl groups is 1. The van der Waals surface area contributed by atoms with Crippen molar-refractivity contribution in [2.24, 2.45) is 5.16 Å². The highest BCUT2D eigenvalue weighted by atomic mass is 79.9. The fourth-order valence-electron chi connectivity index (χ4n) is 0.880. The maximum absolute atomic E-state index is 9.44. The zero-order valence-corrected chi connectivity index (χ0v) is 9.57. The fraction of sp³-hybridized carbons (Fsp3) is 0.182. The minimum Gasteiger partial charge on any atom is -0.507 e. The van der Waals surface area contributed by atoms with Gasteiger partial charge in [-0.15, -0.1) is 12.3 Å². The number of phenolic OH excluding ortho intramolecular Hbond substituents is 1. The lowest BCUT2D eigenvalue weighted by Gasteiger charge is -1.99. The first-order valence-electron chi connectivity index (χ1n) is 4.31. The van der Waals surface area contributed by atoms with Gasteiger partial charge in [0.2, 0.25) is 0 Å². The first-order chi connectivity index (χ1) is 7.24. The van der Waals surface area contributed by atoms with Crippen molar-refractivity contribution in [3.8, 4) is 18.1 Å². The number of terminal acetylenes is 1. The van der Waals surface area contributed by atoms with E-state index in [0.29, 0.717) is 18.6 Å². The summed E-state index contributed by atoms with van der Waals surface area (Å²) in [5.41, 5.74) is 0.588. The molecule has 0 saturated carbocycles. The molecule has 3 nitrogen and oxygen atoms in total. The van der Waals surface area contributed by atoms with E-state index in [1.165, 1.54) is 6.21 Å². The van der Waals surface area contributed by atoms with Crippen molar-refractivity contribution < 1.29 is 9.94 Å². The Morgan fingerprint density at radius 3 is 3.13 bits per heavy atom. The maximum atomic E-state index is 9.44. The Hall–Kier alpha value is -1.47. The third-order valence-corrected chi connectivity index (χ3v) is 2.09. The number of benzene rings is 1. The van der Waals surface area contributed by atoms with Gasteiger partial charge in [-0.1, -0.05) is 21.1 Å². The molecule has 0 radical (unpaired) electrons. The van der Waals surface area contributed by atoms with Crippen molar-refractivity contribution in [1.82, 2.24) is 0 Å². The van der Waals surface area contributed by atoms with Gasteiger partial charge in [0.05, 0.1) is 6.21 Å². The quantitative estimate of drug-likeness (QED) is 0.394. The second-order valence-electron chi connectivity index (χ2n) is 2.72. The molecule has 0 fully saturated rings. The van der Waals surface area contributed by atoms with E-state index in [1.54, 1.807) is 18.2 Å². The molecule has 78 valence electrons. The molecule has 1 rings (SSSR count). The Balaban J connectivity index is 2.56. The Morgan fingerprint density at radius 2 is 2.40 bits per heavy atom. The summed E-state index contributed by atoms with van der Waals surface area (Å²) in [7, 11) is 0. The second kappa shape index (κ2) is 6.10. The Kier molecular flexibility index (Phi) is 4.72. The van der Waals surface area contributed by atoms with E-state index in [2.05, 4.69) is 27.0 Å². The highest BCUT2D eigenvalue weighted by molar-refractivity contribution is 9.10. The van der Waals surface area contributed by atoms with Crippen LogP contribution in [0.25, 0.3) is 0 Å². The molecule has 15 heavy (non-hydrogen) atoms. The van der Waals surface area contributed by atoms with Crippen molar-refractivity contribution >= 4 is 22.1 Å². The van der Waals surface area contributed by atoms with Crippen molar-refractivity contribution in [1.29, 1.82) is 0 Å². The van der Waals surface area contributed by atoms with Crippen LogP contribution in [0.5, 0.6) is 5.75 Å². The number of rotatable bonds is 4. The molecule has 0 atom stereocenters. The molecular weight excluding hydrogens is 258 g/mol. The maximum Gasteiger partial charge on any atom is 0.128 e. The summed E-state index contributed by atoms with van der Waals surface area (Å²) < 4.78 is 0.866. The van der Waals surface area contributed by atoms with Gasteiger partial charge in [-0.3, -0.25) is 0 Å². The van der Waals surface area contributed by atoms with Crippen LogP contribution in [0.4, 0.5) is 0 Å². The molecule has 1 N–H and O–H groups in total. The minimum absolute atomic E-state index is 0.155. The fourth-order valence-corrected chi connectivity index (χ4v) is 1.26. The Morgan fingerprint density at radius 1 is 1.60 bits per heavy atom. The van der Waals surface area contributed by atoms with Crippen LogP contribution in [0, 0.1) is 12.3 Å². The van der Waals surface area contributed by atoms with E-state index in [9.17, 15) is 5.11 Å². The summed E-state index contributed by atoms with van der Waals surface area (Å²) in [5, 5.41) is 13.1. The van der Waals surface area contributed by atoms with Crippen molar-refractivity contribution in [3.63, 3.8) is 0 Å². The molecule has 0 spiro atoms. The van der Waals surface area contributed by atoms with E-state index in [1.807, 2.05) is 0 Å². The third-order valence-electron chi connectivity index (χ3n) is 1.59. The molecule has 0 aliphatic heterocycles. The van der Waals surface area contributed by atoms with Crippen molar-refractivity contribution in [2.45, 2.75) is 6.42 Å². The summed E-state index contributed by atoms with van der Waals surface area (Å²) in [4.78, 5) is 4.87. The number of hydrogen-bond donors (Lipinski definition) is 1. The van der Waals surface area contributed by atoms with Crippen LogP contribution in [0.3, 0.4) is 0 Å². The van der Waals surface area contributed by atoms with Gasteiger partial charge < -0.3 is 9.94 Å². The van der Waals surface area contributed by atoms with Gasteiger partial charge >= 0.3 is 0 Å². The SMILES string of the molecule is C#CCCO/N=C/c1cc(Br)ccc1O. The minimum atomic E-state index is 0.155. The molecule has 0 aromatic heterocycles. The summed E-state index contributed by atoms with van der Waals surface area (Å²) >= 11 is 3.29. The molecule has 0 unspecified atom stereocenters. The zero-order valence-electron chi connectivity index (χ0n) is 7.98. The van der Waals surface area contributed by atoms with E-state index in [4.69, 9.17) is 11.3 Å². The summed E-state index contributed by atoms with van der Waals surface area (Å²) in [5.74, 6) is 2.59. The standard InChI is InChI=1S/C11H10BrNO2/c1-2-3-6-15-13-8-9-7-10(12)4-5-11(9)14/h1,4-5,7-8,14H,3,6H2/b13-8+. The molecule has 0 heterocycles. The molecule has 0 amide bonds. The number of oxime groups is 1. The molecule has 0 bridgehead atoms. The highest BCUT2D eigenvalue weighted by Crippen LogP contribution is 2.19. The molecule has 0 aliphatic rings. The third kappa shape index (κ3) is 4.05. The lowest BCUT2D eigenvalue weighted by molar-refractivity contribution is 0.152. The Bertz CT molecular complexity index is 396. The van der Waals surface area contributed by atoms with Gasteiger partial charge in [0.1, 0.15) is 12.4 Å². The molecule has 1 aromatic rings. The van der Waals surface area contributed by atoms with Crippen LogP contribution in [0.15, 0.2) is 27.8 Å². The van der Waals surface area contributed by atoms with Crippen LogP contribution < -0.4 is 0 Å². The normalized spacial score (nSPS) is 10.1. The van der Waals surface area contributed by atoms with Gasteiger partial charge in [-0.05, 0) is 18.2 Å². The average molecular weight is 268 g/mol. The van der Waals surface area contributed by atoms with Crippen LogP contribution in [0.1, 0.15) is 12.0 Å². The predicted molar refractivity (Wildman–Crippen MR) is 62.8 cm³/mol. The monoisotopic (exact) mass is 267 g/mol. The van der Waals surface area contributed by atoms with Crippen LogP contribution in [-0.4, -0.2) is 17.9 Å². The van der Waals surface area contributed by atoms with Gasteiger partial charge in [-0.2, -0.15) is 0 Å². The van der Waals surface area contributed by atoms with Crippen LogP contribution in [0.2, 0.25) is 0 Å². The highest BCUT2D eigenvalue weighted by Gasteiger charge is 1.98.